The normalized spacial score (nSPS) is 33.8. The Bertz CT molecular complexity index is 607. The van der Waals surface area contributed by atoms with E-state index in [-0.39, 0.29) is 12.1 Å². The van der Waals surface area contributed by atoms with Crippen LogP contribution in [0, 0.1) is 23.2 Å². The maximum Gasteiger partial charge on any atom is 0.315 e. The highest BCUT2D eigenvalue weighted by Crippen LogP contribution is 2.61. The minimum absolute atomic E-state index is 0.0610. The van der Waals surface area contributed by atoms with E-state index in [9.17, 15) is 4.79 Å². The third-order valence-corrected chi connectivity index (χ3v) is 6.98. The van der Waals surface area contributed by atoms with Crippen LogP contribution in [0.25, 0.3) is 0 Å². The molecule has 0 aromatic heterocycles. The van der Waals surface area contributed by atoms with E-state index in [0.717, 1.165) is 29.1 Å². The SMILES string of the molecule is COc1ccccc1CNC(=O)NC(C)C12CC3CC(CC(C3)C1)C2. The van der Waals surface area contributed by atoms with E-state index in [1.54, 1.807) is 7.11 Å². The Kier molecular flexibility index (Phi) is 4.38. The summed E-state index contributed by atoms with van der Waals surface area (Å²) in [5.74, 6) is 3.54. The fourth-order valence-electron chi connectivity index (χ4n) is 6.13. The second kappa shape index (κ2) is 6.54. The summed E-state index contributed by atoms with van der Waals surface area (Å²) >= 11 is 0. The summed E-state index contributed by atoms with van der Waals surface area (Å²) in [6, 6.07) is 8.01. The molecule has 4 heteroatoms. The predicted octanol–water partition coefficient (Wildman–Crippen LogP) is 4.10. The summed E-state index contributed by atoms with van der Waals surface area (Å²) in [5, 5.41) is 6.26. The molecule has 0 heterocycles. The Morgan fingerprint density at radius 1 is 1.16 bits per heavy atom. The van der Waals surface area contributed by atoms with E-state index in [2.05, 4.69) is 17.6 Å². The molecule has 4 bridgehead atoms. The second-order valence-corrected chi connectivity index (χ2v) is 8.64. The van der Waals surface area contributed by atoms with Crippen LogP contribution in [0.2, 0.25) is 0 Å². The van der Waals surface area contributed by atoms with Gasteiger partial charge in [-0.15, -0.1) is 0 Å². The molecule has 5 rings (SSSR count). The lowest BCUT2D eigenvalue weighted by atomic mass is 9.48. The van der Waals surface area contributed by atoms with Gasteiger partial charge in [0.2, 0.25) is 0 Å². The number of hydrogen-bond donors (Lipinski definition) is 2. The molecule has 0 radical (unpaired) electrons. The zero-order valence-corrected chi connectivity index (χ0v) is 15.4. The molecule has 4 aliphatic carbocycles. The summed E-state index contributed by atoms with van der Waals surface area (Å²) in [5.41, 5.74) is 1.35. The zero-order valence-electron chi connectivity index (χ0n) is 15.4. The van der Waals surface area contributed by atoms with Crippen molar-refractivity contribution in [2.75, 3.05) is 7.11 Å². The van der Waals surface area contributed by atoms with E-state index in [0.29, 0.717) is 12.0 Å². The standard InChI is InChI=1S/C21H30N2O2/c1-14(21-10-15-7-16(11-21)9-17(8-15)12-21)23-20(24)22-13-18-5-3-4-6-19(18)25-2/h3-6,14-17H,7-13H2,1-2H3,(H2,22,23,24). The van der Waals surface area contributed by atoms with Crippen LogP contribution in [0.3, 0.4) is 0 Å². The lowest BCUT2D eigenvalue weighted by molar-refractivity contribution is -0.0682. The van der Waals surface area contributed by atoms with Crippen molar-refractivity contribution in [2.24, 2.45) is 23.2 Å². The number of benzene rings is 1. The smallest absolute Gasteiger partial charge is 0.315 e. The molecule has 0 spiro atoms. The van der Waals surface area contributed by atoms with E-state index < -0.39 is 0 Å². The largest absolute Gasteiger partial charge is 0.496 e. The molecular weight excluding hydrogens is 312 g/mol. The number of carbonyl (C=O) groups excluding carboxylic acids is 1. The molecule has 1 atom stereocenters. The van der Waals surface area contributed by atoms with E-state index in [1.165, 1.54) is 38.5 Å². The molecule has 25 heavy (non-hydrogen) atoms. The first kappa shape index (κ1) is 16.7. The average molecular weight is 342 g/mol. The number of carbonyl (C=O) groups is 1. The number of ether oxygens (including phenoxy) is 1. The summed E-state index contributed by atoms with van der Waals surface area (Å²) in [7, 11) is 1.66. The quantitative estimate of drug-likeness (QED) is 0.846. The van der Waals surface area contributed by atoms with Crippen molar-refractivity contribution >= 4 is 6.03 Å². The van der Waals surface area contributed by atoms with Gasteiger partial charge in [-0.3, -0.25) is 0 Å². The van der Waals surface area contributed by atoms with Crippen molar-refractivity contribution in [3.05, 3.63) is 29.8 Å². The highest BCUT2D eigenvalue weighted by Gasteiger charge is 2.53. The Morgan fingerprint density at radius 2 is 1.76 bits per heavy atom. The number of para-hydroxylation sites is 1. The van der Waals surface area contributed by atoms with Crippen LogP contribution in [-0.4, -0.2) is 19.2 Å². The molecule has 0 saturated heterocycles. The van der Waals surface area contributed by atoms with Crippen molar-refractivity contribution in [3.63, 3.8) is 0 Å². The summed E-state index contributed by atoms with van der Waals surface area (Å²) in [6.07, 6.45) is 8.25. The van der Waals surface area contributed by atoms with Crippen LogP contribution in [0.4, 0.5) is 4.79 Å². The van der Waals surface area contributed by atoms with Gasteiger partial charge in [-0.2, -0.15) is 0 Å². The molecule has 2 amide bonds. The van der Waals surface area contributed by atoms with Crippen molar-refractivity contribution in [1.82, 2.24) is 10.6 Å². The van der Waals surface area contributed by atoms with E-state index in [4.69, 9.17) is 4.74 Å². The minimum atomic E-state index is -0.0610. The van der Waals surface area contributed by atoms with Gasteiger partial charge in [0.15, 0.2) is 0 Å². The maximum absolute atomic E-state index is 12.5. The van der Waals surface area contributed by atoms with Crippen LogP contribution in [0.5, 0.6) is 5.75 Å². The van der Waals surface area contributed by atoms with Crippen molar-refractivity contribution in [2.45, 2.75) is 58.0 Å². The van der Waals surface area contributed by atoms with Gasteiger partial charge in [-0.25, -0.2) is 4.79 Å². The fraction of sp³-hybridized carbons (Fsp3) is 0.667. The molecule has 1 aromatic carbocycles. The number of rotatable bonds is 5. The van der Waals surface area contributed by atoms with Gasteiger partial charge >= 0.3 is 6.03 Å². The molecule has 4 saturated carbocycles. The zero-order chi connectivity index (χ0) is 17.4. The molecule has 4 nitrogen and oxygen atoms in total. The van der Waals surface area contributed by atoms with Gasteiger partial charge in [0.25, 0.3) is 0 Å². The first-order valence-corrected chi connectivity index (χ1v) is 9.74. The van der Waals surface area contributed by atoms with Gasteiger partial charge in [0, 0.05) is 18.2 Å². The molecular formula is C21H30N2O2. The second-order valence-electron chi connectivity index (χ2n) is 8.64. The first-order valence-electron chi connectivity index (χ1n) is 9.74. The van der Waals surface area contributed by atoms with Gasteiger partial charge < -0.3 is 15.4 Å². The van der Waals surface area contributed by atoms with Crippen LogP contribution in [0.15, 0.2) is 24.3 Å². The molecule has 1 aromatic rings. The van der Waals surface area contributed by atoms with Crippen LogP contribution < -0.4 is 15.4 Å². The minimum Gasteiger partial charge on any atom is -0.496 e. The first-order chi connectivity index (χ1) is 12.1. The molecule has 1 unspecified atom stereocenters. The molecule has 0 aliphatic heterocycles. The van der Waals surface area contributed by atoms with Crippen molar-refractivity contribution in [3.8, 4) is 5.75 Å². The topological polar surface area (TPSA) is 50.4 Å². The van der Waals surface area contributed by atoms with Gasteiger partial charge in [-0.1, -0.05) is 18.2 Å². The number of urea groups is 1. The summed E-state index contributed by atoms with van der Waals surface area (Å²) in [4.78, 5) is 12.5. The fourth-order valence-corrected chi connectivity index (χ4v) is 6.13. The lowest BCUT2D eigenvalue weighted by Crippen LogP contribution is -2.57. The van der Waals surface area contributed by atoms with E-state index >= 15 is 0 Å². The summed E-state index contributed by atoms with van der Waals surface area (Å²) in [6.45, 7) is 2.71. The Balaban J connectivity index is 1.35. The molecule has 2 N–H and O–H groups in total. The number of amides is 2. The van der Waals surface area contributed by atoms with E-state index in [1.807, 2.05) is 24.3 Å². The lowest BCUT2D eigenvalue weighted by Gasteiger charge is -2.59. The Labute approximate surface area is 150 Å². The number of methoxy groups -OCH3 is 1. The highest BCUT2D eigenvalue weighted by molar-refractivity contribution is 5.74. The van der Waals surface area contributed by atoms with Crippen LogP contribution in [0.1, 0.15) is 51.0 Å². The maximum atomic E-state index is 12.5. The predicted molar refractivity (Wildman–Crippen MR) is 98.4 cm³/mol. The number of hydrogen-bond acceptors (Lipinski definition) is 2. The van der Waals surface area contributed by atoms with Gasteiger partial charge in [0.1, 0.15) is 5.75 Å². The van der Waals surface area contributed by atoms with Crippen molar-refractivity contribution < 1.29 is 9.53 Å². The Morgan fingerprint density at radius 3 is 2.36 bits per heavy atom. The average Bonchev–Trinajstić information content (AvgIpc) is 2.59. The van der Waals surface area contributed by atoms with Gasteiger partial charge in [-0.05, 0) is 74.7 Å². The van der Waals surface area contributed by atoms with Crippen LogP contribution >= 0.6 is 0 Å². The third kappa shape index (κ3) is 3.23. The third-order valence-electron chi connectivity index (χ3n) is 6.98. The summed E-state index contributed by atoms with van der Waals surface area (Å²) < 4.78 is 5.35. The van der Waals surface area contributed by atoms with Crippen molar-refractivity contribution in [1.29, 1.82) is 0 Å². The van der Waals surface area contributed by atoms with Gasteiger partial charge in [0.05, 0.1) is 7.11 Å². The van der Waals surface area contributed by atoms with Crippen LogP contribution in [-0.2, 0) is 6.54 Å². The monoisotopic (exact) mass is 342 g/mol. The molecule has 4 fully saturated rings. The molecule has 4 aliphatic rings. The number of nitrogens with one attached hydrogen (secondary N) is 2. The Hall–Kier alpha value is -1.71. The molecule has 136 valence electrons. The highest BCUT2D eigenvalue weighted by atomic mass is 16.5.